The summed E-state index contributed by atoms with van der Waals surface area (Å²) in [5, 5.41) is 3.48. The molecule has 0 atom stereocenters. The van der Waals surface area contributed by atoms with Crippen molar-refractivity contribution in [3.63, 3.8) is 0 Å². The van der Waals surface area contributed by atoms with E-state index in [0.29, 0.717) is 11.7 Å². The van der Waals surface area contributed by atoms with E-state index in [0.717, 1.165) is 55.2 Å². The van der Waals surface area contributed by atoms with Gasteiger partial charge in [-0.15, -0.1) is 11.3 Å². The number of amides is 2. The van der Waals surface area contributed by atoms with Crippen LogP contribution in [0.15, 0.2) is 9.95 Å². The minimum atomic E-state index is -0.756. The first-order valence-electron chi connectivity index (χ1n) is 10.2. The van der Waals surface area contributed by atoms with Gasteiger partial charge in [0.05, 0.1) is 17.7 Å². The summed E-state index contributed by atoms with van der Waals surface area (Å²) in [7, 11) is 0. The number of ether oxygens (including phenoxy) is 1. The van der Waals surface area contributed by atoms with Gasteiger partial charge in [-0.1, -0.05) is 37.9 Å². The lowest BCUT2D eigenvalue weighted by atomic mass is 10.2. The molecule has 0 saturated carbocycles. The van der Waals surface area contributed by atoms with Gasteiger partial charge in [-0.05, 0) is 38.2 Å². The quantitative estimate of drug-likeness (QED) is 0.364. The standard InChI is InChI=1S/C20H27N3O4S2/c1-3-5-6-7-11-23-18(25)16-13-9-8-10-14(13)29-17(16)22-19(23)28-12-15(24)21-20(26)27-4-2/h3-12H2,1-2H3,(H,21,24,26). The van der Waals surface area contributed by atoms with Gasteiger partial charge in [-0.2, -0.15) is 0 Å². The second-order valence-corrected chi connectivity index (χ2v) is 9.03. The zero-order valence-electron chi connectivity index (χ0n) is 16.9. The molecule has 0 aliphatic heterocycles. The monoisotopic (exact) mass is 437 g/mol. The minimum absolute atomic E-state index is 0.000741. The number of thioether (sulfide) groups is 1. The molecule has 0 fully saturated rings. The van der Waals surface area contributed by atoms with Gasteiger partial charge in [-0.25, -0.2) is 9.78 Å². The van der Waals surface area contributed by atoms with E-state index in [1.807, 2.05) is 0 Å². The molecule has 1 N–H and O–H groups in total. The summed E-state index contributed by atoms with van der Waals surface area (Å²) in [5.74, 6) is -0.467. The van der Waals surface area contributed by atoms with Gasteiger partial charge < -0.3 is 4.74 Å². The van der Waals surface area contributed by atoms with Crippen LogP contribution in [0.3, 0.4) is 0 Å². The highest BCUT2D eigenvalue weighted by molar-refractivity contribution is 7.99. The van der Waals surface area contributed by atoms with Crippen LogP contribution in [-0.4, -0.2) is 33.9 Å². The van der Waals surface area contributed by atoms with E-state index in [2.05, 4.69) is 12.2 Å². The molecule has 1 aliphatic carbocycles. The number of aryl methyl sites for hydroxylation is 2. The fourth-order valence-corrected chi connectivity index (χ4v) is 5.64. The number of aromatic nitrogens is 2. The third kappa shape index (κ3) is 5.19. The molecule has 7 nitrogen and oxygen atoms in total. The molecule has 0 aromatic carbocycles. The molecular weight excluding hydrogens is 410 g/mol. The molecule has 1 aliphatic rings. The lowest BCUT2D eigenvalue weighted by Crippen LogP contribution is -2.32. The first kappa shape index (κ1) is 21.8. The number of nitrogens with zero attached hydrogens (tertiary/aromatic N) is 2. The molecule has 0 spiro atoms. The highest BCUT2D eigenvalue weighted by atomic mass is 32.2. The summed E-state index contributed by atoms with van der Waals surface area (Å²) >= 11 is 2.78. The van der Waals surface area contributed by atoms with Crippen LogP contribution in [0.4, 0.5) is 4.79 Å². The Bertz CT molecular complexity index is 951. The summed E-state index contributed by atoms with van der Waals surface area (Å²) in [4.78, 5) is 43.5. The van der Waals surface area contributed by atoms with Crippen LogP contribution in [0.2, 0.25) is 0 Å². The Kier molecular flexibility index (Phi) is 7.71. The number of carbonyl (C=O) groups excluding carboxylic acids is 2. The molecule has 2 aromatic rings. The number of alkyl carbamates (subject to hydrolysis) is 1. The van der Waals surface area contributed by atoms with Crippen molar-refractivity contribution in [1.82, 2.24) is 14.9 Å². The SMILES string of the molecule is CCCCCCn1c(SCC(=O)NC(=O)OCC)nc2sc3c(c2c1=O)CCC3. The fourth-order valence-electron chi connectivity index (χ4n) is 3.51. The zero-order chi connectivity index (χ0) is 20.8. The van der Waals surface area contributed by atoms with Crippen molar-refractivity contribution in [1.29, 1.82) is 0 Å². The van der Waals surface area contributed by atoms with Crippen LogP contribution < -0.4 is 10.9 Å². The molecule has 29 heavy (non-hydrogen) atoms. The van der Waals surface area contributed by atoms with Crippen molar-refractivity contribution < 1.29 is 14.3 Å². The number of unbranched alkanes of at least 4 members (excludes halogenated alkanes) is 3. The fraction of sp³-hybridized carbons (Fsp3) is 0.600. The molecule has 2 amide bonds. The van der Waals surface area contributed by atoms with Gasteiger partial charge in [0, 0.05) is 11.4 Å². The minimum Gasteiger partial charge on any atom is -0.450 e. The van der Waals surface area contributed by atoms with Crippen molar-refractivity contribution in [3.05, 3.63) is 20.8 Å². The molecule has 3 rings (SSSR count). The Morgan fingerprint density at radius 2 is 2.07 bits per heavy atom. The van der Waals surface area contributed by atoms with Crippen molar-refractivity contribution in [2.45, 2.75) is 70.5 Å². The van der Waals surface area contributed by atoms with E-state index in [9.17, 15) is 14.4 Å². The molecular formula is C20H27N3O4S2. The van der Waals surface area contributed by atoms with Crippen molar-refractivity contribution in [3.8, 4) is 0 Å². The predicted molar refractivity (Wildman–Crippen MR) is 116 cm³/mol. The van der Waals surface area contributed by atoms with Gasteiger partial charge in [-0.3, -0.25) is 19.5 Å². The third-order valence-electron chi connectivity index (χ3n) is 4.87. The second-order valence-electron chi connectivity index (χ2n) is 7.01. The Balaban J connectivity index is 1.83. The Morgan fingerprint density at radius 3 is 2.83 bits per heavy atom. The highest BCUT2D eigenvalue weighted by Gasteiger charge is 2.23. The lowest BCUT2D eigenvalue weighted by molar-refractivity contribution is -0.117. The topological polar surface area (TPSA) is 90.3 Å². The smallest absolute Gasteiger partial charge is 0.413 e. The molecule has 0 unspecified atom stereocenters. The predicted octanol–water partition coefficient (Wildman–Crippen LogP) is 3.89. The van der Waals surface area contributed by atoms with Crippen molar-refractivity contribution in [2.24, 2.45) is 0 Å². The van der Waals surface area contributed by atoms with Crippen molar-refractivity contribution in [2.75, 3.05) is 12.4 Å². The van der Waals surface area contributed by atoms with E-state index in [4.69, 9.17) is 9.72 Å². The normalized spacial score (nSPS) is 12.9. The lowest BCUT2D eigenvalue weighted by Gasteiger charge is -2.12. The van der Waals surface area contributed by atoms with E-state index < -0.39 is 12.0 Å². The summed E-state index contributed by atoms with van der Waals surface area (Å²) in [6.45, 7) is 4.62. The number of nitrogens with one attached hydrogen (secondary N) is 1. The second kappa shape index (κ2) is 10.2. The average Bonchev–Trinajstić information content (AvgIpc) is 3.26. The van der Waals surface area contributed by atoms with Gasteiger partial charge in [0.1, 0.15) is 4.83 Å². The molecule has 9 heteroatoms. The Hall–Kier alpha value is -1.87. The Morgan fingerprint density at radius 1 is 1.24 bits per heavy atom. The van der Waals surface area contributed by atoms with Crippen LogP contribution in [0.5, 0.6) is 0 Å². The third-order valence-corrected chi connectivity index (χ3v) is 7.04. The van der Waals surface area contributed by atoms with E-state index in [-0.39, 0.29) is 17.9 Å². The number of rotatable bonds is 9. The van der Waals surface area contributed by atoms with Crippen LogP contribution in [0, 0.1) is 0 Å². The Labute approximate surface area is 178 Å². The van der Waals surface area contributed by atoms with Crippen molar-refractivity contribution >= 4 is 45.3 Å². The van der Waals surface area contributed by atoms with Gasteiger partial charge in [0.2, 0.25) is 5.91 Å². The molecule has 0 saturated heterocycles. The summed E-state index contributed by atoms with van der Waals surface area (Å²) in [6.07, 6.45) is 6.49. The summed E-state index contributed by atoms with van der Waals surface area (Å²) < 4.78 is 6.44. The number of carbonyl (C=O) groups is 2. The van der Waals surface area contributed by atoms with E-state index in [1.165, 1.54) is 22.2 Å². The number of hydrogen-bond acceptors (Lipinski definition) is 7. The van der Waals surface area contributed by atoms with Gasteiger partial charge >= 0.3 is 6.09 Å². The van der Waals surface area contributed by atoms with Gasteiger partial charge in [0.15, 0.2) is 5.16 Å². The molecule has 0 bridgehead atoms. The molecule has 2 aromatic heterocycles. The van der Waals surface area contributed by atoms with Crippen LogP contribution in [0.1, 0.15) is 56.4 Å². The molecule has 2 heterocycles. The first-order valence-corrected chi connectivity index (χ1v) is 12.0. The maximum atomic E-state index is 13.3. The van der Waals surface area contributed by atoms with Crippen LogP contribution >= 0.6 is 23.1 Å². The van der Waals surface area contributed by atoms with E-state index in [1.54, 1.807) is 22.8 Å². The number of imide groups is 1. The summed E-state index contributed by atoms with van der Waals surface area (Å²) in [5.41, 5.74) is 1.17. The largest absolute Gasteiger partial charge is 0.450 e. The highest BCUT2D eigenvalue weighted by Crippen LogP contribution is 2.35. The van der Waals surface area contributed by atoms with Gasteiger partial charge in [0.25, 0.3) is 5.56 Å². The average molecular weight is 438 g/mol. The number of hydrogen-bond donors (Lipinski definition) is 1. The van der Waals surface area contributed by atoms with Crippen LogP contribution in [-0.2, 0) is 28.9 Å². The van der Waals surface area contributed by atoms with E-state index >= 15 is 0 Å². The molecule has 0 radical (unpaired) electrons. The first-order chi connectivity index (χ1) is 14.0. The van der Waals surface area contributed by atoms with Crippen LogP contribution in [0.25, 0.3) is 10.2 Å². The maximum Gasteiger partial charge on any atom is 0.413 e. The number of thiophene rings is 1. The summed E-state index contributed by atoms with van der Waals surface area (Å²) in [6, 6.07) is 0. The maximum absolute atomic E-state index is 13.3. The molecule has 158 valence electrons. The zero-order valence-corrected chi connectivity index (χ0v) is 18.5. The number of fused-ring (bicyclic) bond motifs is 3.